The van der Waals surface area contributed by atoms with Gasteiger partial charge in [0.25, 0.3) is 0 Å². The van der Waals surface area contributed by atoms with Gasteiger partial charge in [0, 0.05) is 5.69 Å². The summed E-state index contributed by atoms with van der Waals surface area (Å²) in [7, 11) is 1.56. The van der Waals surface area contributed by atoms with E-state index in [1.165, 1.54) is 0 Å². The van der Waals surface area contributed by atoms with Gasteiger partial charge in [-0.2, -0.15) is 0 Å². The molecule has 138 valence electrons. The van der Waals surface area contributed by atoms with Crippen LogP contribution in [-0.4, -0.2) is 29.8 Å². The van der Waals surface area contributed by atoms with Gasteiger partial charge in [0.2, 0.25) is 0 Å². The number of carboxylic acid groups (broad SMARTS) is 1. The number of hydrogen-bond acceptors (Lipinski definition) is 5. The summed E-state index contributed by atoms with van der Waals surface area (Å²) in [5, 5.41) is 12.5. The van der Waals surface area contributed by atoms with E-state index in [0.717, 1.165) is 0 Å². The number of nitrogens with one attached hydrogen (secondary N) is 1. The zero-order chi connectivity index (χ0) is 19.3. The number of methoxy groups -OCH3 is 1. The maximum absolute atomic E-state index is 12.1. The molecule has 0 aromatic heterocycles. The highest BCUT2D eigenvalue weighted by Crippen LogP contribution is 2.23. The second-order valence-corrected chi connectivity index (χ2v) is 6.77. The average Bonchev–Trinajstić information content (AvgIpc) is 2.58. The fraction of sp³-hybridized carbons (Fsp3) is 0.300. The second-order valence-electron chi connectivity index (χ2n) is 6.77. The Labute approximate surface area is 152 Å². The standard InChI is InChI=1S/C20H23NO5/c1-20(2,3)26-19(24)14-7-5-13(6-8-14)17(18(22)23)21-15-9-11-16(25-4)12-10-15/h5-12,17,21H,1-4H3,(H,22,23). The summed E-state index contributed by atoms with van der Waals surface area (Å²) in [4.78, 5) is 23.7. The number of ether oxygens (including phenoxy) is 2. The van der Waals surface area contributed by atoms with E-state index in [0.29, 0.717) is 22.6 Å². The highest BCUT2D eigenvalue weighted by Gasteiger charge is 2.21. The Morgan fingerprint density at radius 3 is 2.04 bits per heavy atom. The van der Waals surface area contributed by atoms with Crippen LogP contribution < -0.4 is 10.1 Å². The summed E-state index contributed by atoms with van der Waals surface area (Å²) in [6.45, 7) is 5.37. The van der Waals surface area contributed by atoms with Crippen molar-refractivity contribution in [1.29, 1.82) is 0 Å². The fourth-order valence-corrected chi connectivity index (χ4v) is 2.29. The minimum Gasteiger partial charge on any atom is -0.497 e. The first-order chi connectivity index (χ1) is 12.2. The number of carbonyl (C=O) groups is 2. The lowest BCUT2D eigenvalue weighted by molar-refractivity contribution is -0.138. The summed E-state index contributed by atoms with van der Waals surface area (Å²) >= 11 is 0. The molecule has 2 rings (SSSR count). The van der Waals surface area contributed by atoms with Crippen molar-refractivity contribution < 1.29 is 24.2 Å². The number of anilines is 1. The quantitative estimate of drug-likeness (QED) is 0.763. The van der Waals surface area contributed by atoms with E-state index in [1.807, 2.05) is 0 Å². The smallest absolute Gasteiger partial charge is 0.338 e. The van der Waals surface area contributed by atoms with E-state index in [1.54, 1.807) is 76.4 Å². The maximum Gasteiger partial charge on any atom is 0.338 e. The number of rotatable bonds is 6. The molecular weight excluding hydrogens is 334 g/mol. The SMILES string of the molecule is COc1ccc(NC(C(=O)O)c2ccc(C(=O)OC(C)(C)C)cc2)cc1. The second kappa shape index (κ2) is 7.91. The Bertz CT molecular complexity index is 760. The lowest BCUT2D eigenvalue weighted by atomic mass is 10.0. The molecule has 6 nitrogen and oxygen atoms in total. The van der Waals surface area contributed by atoms with Crippen LogP contribution in [0.25, 0.3) is 0 Å². The van der Waals surface area contributed by atoms with Gasteiger partial charge in [-0.1, -0.05) is 12.1 Å². The van der Waals surface area contributed by atoms with Crippen molar-refractivity contribution in [1.82, 2.24) is 0 Å². The average molecular weight is 357 g/mol. The molecule has 2 aromatic carbocycles. The van der Waals surface area contributed by atoms with Crippen LogP contribution in [0.2, 0.25) is 0 Å². The van der Waals surface area contributed by atoms with E-state index in [9.17, 15) is 14.7 Å². The van der Waals surface area contributed by atoms with Crippen LogP contribution in [-0.2, 0) is 9.53 Å². The zero-order valence-electron chi connectivity index (χ0n) is 15.3. The number of benzene rings is 2. The van der Waals surface area contributed by atoms with Gasteiger partial charge in [-0.15, -0.1) is 0 Å². The molecule has 0 spiro atoms. The van der Waals surface area contributed by atoms with Crippen molar-refractivity contribution in [3.05, 3.63) is 59.7 Å². The molecule has 6 heteroatoms. The number of carbonyl (C=O) groups excluding carboxylic acids is 1. The van der Waals surface area contributed by atoms with Gasteiger partial charge in [0.1, 0.15) is 11.4 Å². The summed E-state index contributed by atoms with van der Waals surface area (Å²) in [6.07, 6.45) is 0. The van der Waals surface area contributed by atoms with Crippen LogP contribution in [0.3, 0.4) is 0 Å². The third-order valence-corrected chi connectivity index (χ3v) is 3.53. The summed E-state index contributed by atoms with van der Waals surface area (Å²) in [5.41, 5.74) is 0.960. The van der Waals surface area contributed by atoms with Gasteiger partial charge < -0.3 is 19.9 Å². The monoisotopic (exact) mass is 357 g/mol. The Morgan fingerprint density at radius 1 is 1.00 bits per heavy atom. The maximum atomic E-state index is 12.1. The number of carboxylic acids is 1. The predicted octanol–water partition coefficient (Wildman–Crippen LogP) is 3.89. The largest absolute Gasteiger partial charge is 0.497 e. The van der Waals surface area contributed by atoms with E-state index in [2.05, 4.69) is 5.32 Å². The topological polar surface area (TPSA) is 84.9 Å². The molecule has 2 aromatic rings. The first-order valence-corrected chi connectivity index (χ1v) is 8.16. The van der Waals surface area contributed by atoms with E-state index < -0.39 is 23.6 Å². The van der Waals surface area contributed by atoms with Gasteiger partial charge in [-0.05, 0) is 62.7 Å². The first-order valence-electron chi connectivity index (χ1n) is 8.16. The van der Waals surface area contributed by atoms with Crippen molar-refractivity contribution in [2.24, 2.45) is 0 Å². The van der Waals surface area contributed by atoms with E-state index >= 15 is 0 Å². The minimum absolute atomic E-state index is 0.372. The van der Waals surface area contributed by atoms with Gasteiger partial charge in [-0.3, -0.25) is 0 Å². The van der Waals surface area contributed by atoms with E-state index in [-0.39, 0.29) is 0 Å². The summed E-state index contributed by atoms with van der Waals surface area (Å²) < 4.78 is 10.4. The molecule has 0 radical (unpaired) electrons. The molecule has 0 aliphatic heterocycles. The normalized spacial score (nSPS) is 12.2. The number of hydrogen-bond donors (Lipinski definition) is 2. The van der Waals surface area contributed by atoms with Gasteiger partial charge in [0.05, 0.1) is 12.7 Å². The van der Waals surface area contributed by atoms with Crippen LogP contribution in [0.1, 0.15) is 42.7 Å². The van der Waals surface area contributed by atoms with Crippen LogP contribution in [0, 0.1) is 0 Å². The molecule has 1 atom stereocenters. The third-order valence-electron chi connectivity index (χ3n) is 3.53. The molecule has 1 unspecified atom stereocenters. The van der Waals surface area contributed by atoms with Crippen molar-refractivity contribution in [3.8, 4) is 5.75 Å². The molecular formula is C20H23NO5. The Balaban J connectivity index is 2.16. The Hall–Kier alpha value is -3.02. The molecule has 0 fully saturated rings. The van der Waals surface area contributed by atoms with E-state index in [4.69, 9.17) is 9.47 Å². The lowest BCUT2D eigenvalue weighted by Crippen LogP contribution is -2.24. The van der Waals surface area contributed by atoms with Crippen LogP contribution >= 0.6 is 0 Å². The van der Waals surface area contributed by atoms with Crippen LogP contribution in [0.4, 0.5) is 5.69 Å². The van der Waals surface area contributed by atoms with Crippen LogP contribution in [0.15, 0.2) is 48.5 Å². The van der Waals surface area contributed by atoms with Crippen molar-refractivity contribution >= 4 is 17.6 Å². The lowest BCUT2D eigenvalue weighted by Gasteiger charge is -2.20. The molecule has 0 aliphatic carbocycles. The number of esters is 1. The molecule has 2 N–H and O–H groups in total. The molecule has 0 bridgehead atoms. The highest BCUT2D eigenvalue weighted by atomic mass is 16.6. The summed E-state index contributed by atoms with van der Waals surface area (Å²) in [5.74, 6) is -0.783. The fourth-order valence-electron chi connectivity index (χ4n) is 2.29. The Morgan fingerprint density at radius 2 is 1.58 bits per heavy atom. The zero-order valence-corrected chi connectivity index (χ0v) is 15.3. The molecule has 0 saturated carbocycles. The van der Waals surface area contributed by atoms with Gasteiger partial charge in [0.15, 0.2) is 6.04 Å². The first kappa shape index (κ1) is 19.3. The van der Waals surface area contributed by atoms with Crippen LogP contribution in [0.5, 0.6) is 5.75 Å². The Kier molecular flexibility index (Phi) is 5.87. The van der Waals surface area contributed by atoms with Gasteiger partial charge in [-0.25, -0.2) is 9.59 Å². The molecule has 0 saturated heterocycles. The van der Waals surface area contributed by atoms with Crippen molar-refractivity contribution in [3.63, 3.8) is 0 Å². The van der Waals surface area contributed by atoms with Crippen molar-refractivity contribution in [2.45, 2.75) is 32.4 Å². The minimum atomic E-state index is -1.02. The van der Waals surface area contributed by atoms with Crippen molar-refractivity contribution in [2.75, 3.05) is 12.4 Å². The molecule has 0 heterocycles. The summed E-state index contributed by atoms with van der Waals surface area (Å²) in [6, 6.07) is 12.4. The predicted molar refractivity (Wildman–Crippen MR) is 98.6 cm³/mol. The third kappa shape index (κ3) is 5.24. The molecule has 0 aliphatic rings. The van der Waals surface area contributed by atoms with Gasteiger partial charge >= 0.3 is 11.9 Å². The molecule has 0 amide bonds. The number of aliphatic carboxylic acids is 1. The highest BCUT2D eigenvalue weighted by molar-refractivity contribution is 5.90. The molecule has 26 heavy (non-hydrogen) atoms.